The second-order valence-electron chi connectivity index (χ2n) is 5.51. The first-order valence-electron chi connectivity index (χ1n) is 6.93. The highest BCUT2D eigenvalue weighted by Crippen LogP contribution is 2.31. The zero-order chi connectivity index (χ0) is 14.6. The minimum atomic E-state index is -4.67. The normalized spacial score (nSPS) is 19.4. The van der Waals surface area contributed by atoms with Crippen LogP contribution in [0.1, 0.15) is 44.1 Å². The predicted octanol–water partition coefficient (Wildman–Crippen LogP) is 4.21. The van der Waals surface area contributed by atoms with E-state index in [-0.39, 0.29) is 5.75 Å². The summed E-state index contributed by atoms with van der Waals surface area (Å²) in [6, 6.07) is 5.76. The third kappa shape index (κ3) is 4.71. The Bertz CT molecular complexity index is 418. The maximum Gasteiger partial charge on any atom is 0.573 e. The molecule has 1 aliphatic carbocycles. The molecule has 5 heteroatoms. The molecule has 0 amide bonds. The van der Waals surface area contributed by atoms with Crippen LogP contribution in [-0.4, -0.2) is 17.1 Å². The van der Waals surface area contributed by atoms with Gasteiger partial charge in [0.05, 0.1) is 5.60 Å². The predicted molar refractivity (Wildman–Crippen MR) is 69.5 cm³/mol. The Morgan fingerprint density at radius 2 is 1.55 bits per heavy atom. The van der Waals surface area contributed by atoms with Crippen molar-refractivity contribution in [3.05, 3.63) is 29.8 Å². The van der Waals surface area contributed by atoms with Crippen LogP contribution in [0, 0.1) is 0 Å². The van der Waals surface area contributed by atoms with Crippen molar-refractivity contribution < 1.29 is 23.0 Å². The van der Waals surface area contributed by atoms with Gasteiger partial charge in [-0.25, -0.2) is 0 Å². The Kier molecular flexibility index (Phi) is 4.58. The van der Waals surface area contributed by atoms with Crippen molar-refractivity contribution in [1.82, 2.24) is 0 Å². The molecule has 1 N–H and O–H groups in total. The molecule has 0 bridgehead atoms. The van der Waals surface area contributed by atoms with Crippen molar-refractivity contribution in [2.24, 2.45) is 0 Å². The third-order valence-electron chi connectivity index (χ3n) is 3.72. The Morgan fingerprint density at radius 3 is 2.05 bits per heavy atom. The molecule has 1 aromatic rings. The number of hydrogen-bond acceptors (Lipinski definition) is 2. The maximum atomic E-state index is 12.1. The van der Waals surface area contributed by atoms with Gasteiger partial charge >= 0.3 is 6.36 Å². The Labute approximate surface area is 116 Å². The molecule has 0 saturated heterocycles. The molecule has 1 fully saturated rings. The minimum Gasteiger partial charge on any atom is -0.406 e. The van der Waals surface area contributed by atoms with Gasteiger partial charge in [-0.05, 0) is 30.5 Å². The molecule has 1 aliphatic rings. The Balaban J connectivity index is 1.99. The molecule has 0 radical (unpaired) electrons. The van der Waals surface area contributed by atoms with Crippen LogP contribution >= 0.6 is 0 Å². The molecule has 0 heterocycles. The van der Waals surface area contributed by atoms with E-state index in [9.17, 15) is 18.3 Å². The van der Waals surface area contributed by atoms with Crippen LogP contribution in [0.4, 0.5) is 13.2 Å². The second-order valence-corrected chi connectivity index (χ2v) is 5.51. The zero-order valence-electron chi connectivity index (χ0n) is 11.2. The number of rotatable bonds is 3. The van der Waals surface area contributed by atoms with E-state index < -0.39 is 12.0 Å². The number of halogens is 3. The van der Waals surface area contributed by atoms with Crippen LogP contribution in [0.15, 0.2) is 24.3 Å². The highest BCUT2D eigenvalue weighted by atomic mass is 19.4. The van der Waals surface area contributed by atoms with Crippen molar-refractivity contribution in [1.29, 1.82) is 0 Å². The van der Waals surface area contributed by atoms with Crippen molar-refractivity contribution in [3.63, 3.8) is 0 Å². The molecule has 1 saturated carbocycles. The summed E-state index contributed by atoms with van der Waals surface area (Å²) in [5.41, 5.74) is 0.118. The fraction of sp³-hybridized carbons (Fsp3) is 0.600. The van der Waals surface area contributed by atoms with Gasteiger partial charge in [0.1, 0.15) is 5.75 Å². The topological polar surface area (TPSA) is 29.5 Å². The summed E-state index contributed by atoms with van der Waals surface area (Å²) in [6.45, 7) is 0. The molecule has 0 atom stereocenters. The molecule has 1 aromatic carbocycles. The van der Waals surface area contributed by atoms with Crippen LogP contribution < -0.4 is 4.74 Å². The molecular formula is C15H19F3O2. The van der Waals surface area contributed by atoms with Gasteiger partial charge < -0.3 is 9.84 Å². The summed E-state index contributed by atoms with van der Waals surface area (Å²) in [4.78, 5) is 0. The summed E-state index contributed by atoms with van der Waals surface area (Å²) in [5, 5.41) is 10.5. The highest BCUT2D eigenvalue weighted by Gasteiger charge is 2.31. The molecule has 0 spiro atoms. The van der Waals surface area contributed by atoms with Crippen LogP contribution in [0.25, 0.3) is 0 Å². The Morgan fingerprint density at radius 1 is 1.00 bits per heavy atom. The van der Waals surface area contributed by atoms with Crippen LogP contribution in [0.5, 0.6) is 5.75 Å². The molecule has 112 valence electrons. The first kappa shape index (κ1) is 15.2. The first-order chi connectivity index (χ1) is 9.36. The summed E-state index contributed by atoms with van der Waals surface area (Å²) >= 11 is 0. The van der Waals surface area contributed by atoms with Gasteiger partial charge in [0.15, 0.2) is 0 Å². The van der Waals surface area contributed by atoms with Gasteiger partial charge in [0.25, 0.3) is 0 Å². The molecule has 0 aliphatic heterocycles. The van der Waals surface area contributed by atoms with Crippen molar-refractivity contribution in [2.75, 3.05) is 0 Å². The molecule has 2 nitrogen and oxygen atoms in total. The highest BCUT2D eigenvalue weighted by molar-refractivity contribution is 5.28. The quantitative estimate of drug-likeness (QED) is 0.844. The van der Waals surface area contributed by atoms with Gasteiger partial charge in [-0.15, -0.1) is 13.2 Å². The number of benzene rings is 1. The van der Waals surface area contributed by atoms with E-state index in [0.717, 1.165) is 44.1 Å². The first-order valence-corrected chi connectivity index (χ1v) is 6.93. The maximum absolute atomic E-state index is 12.1. The summed E-state index contributed by atoms with van der Waals surface area (Å²) in [7, 11) is 0. The van der Waals surface area contributed by atoms with Crippen LogP contribution in [0.3, 0.4) is 0 Å². The summed E-state index contributed by atoms with van der Waals surface area (Å²) in [5.74, 6) is -0.228. The largest absolute Gasteiger partial charge is 0.573 e. The molecule has 0 unspecified atom stereocenters. The Hall–Kier alpha value is -1.23. The number of aliphatic hydroxyl groups is 1. The van der Waals surface area contributed by atoms with Gasteiger partial charge in [-0.2, -0.15) is 0 Å². The van der Waals surface area contributed by atoms with Gasteiger partial charge in [-0.3, -0.25) is 0 Å². The lowest BCUT2D eigenvalue weighted by atomic mass is 9.87. The molecule has 0 aromatic heterocycles. The lowest BCUT2D eigenvalue weighted by Gasteiger charge is -2.26. The SMILES string of the molecule is OC1(Cc2ccc(OC(F)(F)F)cc2)CCCCCC1. The summed E-state index contributed by atoms with van der Waals surface area (Å²) in [6.07, 6.45) is 1.63. The fourth-order valence-corrected chi connectivity index (χ4v) is 2.75. The van der Waals surface area contributed by atoms with E-state index >= 15 is 0 Å². The smallest absolute Gasteiger partial charge is 0.406 e. The van der Waals surface area contributed by atoms with Crippen LogP contribution in [0.2, 0.25) is 0 Å². The van der Waals surface area contributed by atoms with E-state index in [2.05, 4.69) is 4.74 Å². The second kappa shape index (κ2) is 6.04. The van der Waals surface area contributed by atoms with E-state index in [1.54, 1.807) is 12.1 Å². The number of alkyl halides is 3. The van der Waals surface area contributed by atoms with Crippen molar-refractivity contribution in [3.8, 4) is 5.75 Å². The minimum absolute atomic E-state index is 0.228. The average Bonchev–Trinajstić information content (AvgIpc) is 2.55. The van der Waals surface area contributed by atoms with E-state index in [1.165, 1.54) is 12.1 Å². The van der Waals surface area contributed by atoms with E-state index in [4.69, 9.17) is 0 Å². The lowest BCUT2D eigenvalue weighted by Crippen LogP contribution is -2.30. The van der Waals surface area contributed by atoms with Crippen LogP contribution in [-0.2, 0) is 6.42 Å². The monoisotopic (exact) mass is 288 g/mol. The fourth-order valence-electron chi connectivity index (χ4n) is 2.75. The molecule has 2 rings (SSSR count). The van der Waals surface area contributed by atoms with Gasteiger partial charge in [-0.1, -0.05) is 37.8 Å². The molecular weight excluding hydrogens is 269 g/mol. The average molecular weight is 288 g/mol. The lowest BCUT2D eigenvalue weighted by molar-refractivity contribution is -0.274. The van der Waals surface area contributed by atoms with E-state index in [0.29, 0.717) is 6.42 Å². The van der Waals surface area contributed by atoms with Gasteiger partial charge in [0, 0.05) is 6.42 Å². The zero-order valence-corrected chi connectivity index (χ0v) is 11.2. The third-order valence-corrected chi connectivity index (χ3v) is 3.72. The number of ether oxygens (including phenoxy) is 1. The van der Waals surface area contributed by atoms with E-state index in [1.807, 2.05) is 0 Å². The number of hydrogen-bond donors (Lipinski definition) is 1. The standard InChI is InChI=1S/C15H19F3O2/c16-15(17,18)20-13-7-5-12(6-8-13)11-14(19)9-3-1-2-4-10-14/h5-8,19H,1-4,9-11H2. The van der Waals surface area contributed by atoms with Crippen molar-refractivity contribution in [2.45, 2.75) is 56.9 Å². The van der Waals surface area contributed by atoms with Crippen molar-refractivity contribution >= 4 is 0 Å². The molecule has 20 heavy (non-hydrogen) atoms. The van der Waals surface area contributed by atoms with Gasteiger partial charge in [0.2, 0.25) is 0 Å². The summed E-state index contributed by atoms with van der Waals surface area (Å²) < 4.78 is 40.0.